The molecular formula is C8H14F3O. The average molecular weight is 183 g/mol. The maximum absolute atomic E-state index is 11.7. The van der Waals surface area contributed by atoms with Gasteiger partial charge < -0.3 is 0 Å². The van der Waals surface area contributed by atoms with Crippen LogP contribution in [0.15, 0.2) is 0 Å². The van der Waals surface area contributed by atoms with Crippen LogP contribution in [0, 0.1) is 0 Å². The lowest BCUT2D eigenvalue weighted by atomic mass is 9.92. The summed E-state index contributed by atoms with van der Waals surface area (Å²) in [6, 6.07) is 0. The first kappa shape index (κ1) is 11.8. The van der Waals surface area contributed by atoms with Crippen LogP contribution in [0.3, 0.4) is 0 Å². The lowest BCUT2D eigenvalue weighted by Crippen LogP contribution is -2.27. The molecule has 0 rings (SSSR count). The second-order valence-corrected chi connectivity index (χ2v) is 3.01. The Balaban J connectivity index is 3.89. The first-order valence-electron chi connectivity index (χ1n) is 4.10. The third-order valence-corrected chi connectivity index (χ3v) is 2.15. The van der Waals surface area contributed by atoms with Crippen molar-refractivity contribution in [2.24, 2.45) is 0 Å². The molecular weight excluding hydrogens is 169 g/mol. The summed E-state index contributed by atoms with van der Waals surface area (Å²) in [6.07, 6.45) is -4.93. The van der Waals surface area contributed by atoms with Crippen LogP contribution in [0.5, 0.6) is 0 Å². The van der Waals surface area contributed by atoms with E-state index in [4.69, 9.17) is 0 Å². The molecule has 1 radical (unpaired) electrons. The summed E-state index contributed by atoms with van der Waals surface area (Å²) in [5.41, 5.74) is -1.38. The molecule has 4 heteroatoms. The van der Waals surface area contributed by atoms with Gasteiger partial charge in [0.25, 0.3) is 0 Å². The SMILES string of the molecule is CCC([O])(CC)CCC(F)(F)F. The summed E-state index contributed by atoms with van der Waals surface area (Å²) in [4.78, 5) is 0. The number of rotatable bonds is 4. The molecule has 12 heavy (non-hydrogen) atoms. The van der Waals surface area contributed by atoms with E-state index in [1.807, 2.05) is 0 Å². The average Bonchev–Trinajstić information content (AvgIpc) is 1.99. The Morgan fingerprint density at radius 2 is 1.42 bits per heavy atom. The highest BCUT2D eigenvalue weighted by Crippen LogP contribution is 2.29. The molecule has 0 saturated heterocycles. The van der Waals surface area contributed by atoms with Crippen molar-refractivity contribution in [3.05, 3.63) is 0 Å². The van der Waals surface area contributed by atoms with Gasteiger partial charge in [-0.3, -0.25) is 0 Å². The lowest BCUT2D eigenvalue weighted by molar-refractivity contribution is -0.153. The van der Waals surface area contributed by atoms with Crippen LogP contribution < -0.4 is 0 Å². The Hall–Kier alpha value is -0.250. The molecule has 0 aliphatic rings. The van der Waals surface area contributed by atoms with Crippen LogP contribution in [0.1, 0.15) is 39.5 Å². The second-order valence-electron chi connectivity index (χ2n) is 3.01. The number of halogens is 3. The highest BCUT2D eigenvalue weighted by Gasteiger charge is 2.33. The lowest BCUT2D eigenvalue weighted by Gasteiger charge is -2.22. The zero-order chi connectivity index (χ0) is 9.83. The number of hydrogen-bond donors (Lipinski definition) is 0. The summed E-state index contributed by atoms with van der Waals surface area (Å²) in [7, 11) is 0. The van der Waals surface area contributed by atoms with Crippen molar-refractivity contribution in [2.45, 2.75) is 51.3 Å². The molecule has 0 unspecified atom stereocenters. The molecule has 0 spiro atoms. The summed E-state index contributed by atoms with van der Waals surface area (Å²) in [6.45, 7) is 3.26. The molecule has 0 aromatic rings. The van der Waals surface area contributed by atoms with Crippen LogP contribution in [0.25, 0.3) is 0 Å². The monoisotopic (exact) mass is 183 g/mol. The highest BCUT2D eigenvalue weighted by atomic mass is 19.4. The van der Waals surface area contributed by atoms with E-state index in [1.54, 1.807) is 13.8 Å². The molecule has 0 aliphatic carbocycles. The summed E-state index contributed by atoms with van der Waals surface area (Å²) >= 11 is 0. The van der Waals surface area contributed by atoms with Crippen molar-refractivity contribution in [3.63, 3.8) is 0 Å². The van der Waals surface area contributed by atoms with E-state index in [2.05, 4.69) is 0 Å². The third kappa shape index (κ3) is 4.59. The van der Waals surface area contributed by atoms with E-state index in [1.165, 1.54) is 0 Å². The van der Waals surface area contributed by atoms with Gasteiger partial charge in [-0.05, 0) is 19.3 Å². The van der Waals surface area contributed by atoms with Crippen molar-refractivity contribution >= 4 is 0 Å². The standard InChI is InChI=1S/C8H14F3O/c1-3-7(12,4-2)5-6-8(9,10)11/h3-6H2,1-2H3. The van der Waals surface area contributed by atoms with Crippen molar-refractivity contribution in [3.8, 4) is 0 Å². The maximum atomic E-state index is 11.7. The van der Waals surface area contributed by atoms with Gasteiger partial charge in [0.15, 0.2) is 0 Å². The molecule has 0 amide bonds. The van der Waals surface area contributed by atoms with Crippen LogP contribution >= 0.6 is 0 Å². The van der Waals surface area contributed by atoms with Crippen molar-refractivity contribution < 1.29 is 18.3 Å². The maximum Gasteiger partial charge on any atom is 0.389 e. The minimum atomic E-state index is -4.19. The van der Waals surface area contributed by atoms with E-state index < -0.39 is 18.2 Å². The molecule has 0 aromatic carbocycles. The Morgan fingerprint density at radius 3 is 1.67 bits per heavy atom. The molecule has 0 aliphatic heterocycles. The van der Waals surface area contributed by atoms with Gasteiger partial charge in [0.1, 0.15) is 5.60 Å². The van der Waals surface area contributed by atoms with Crippen LogP contribution in [0.2, 0.25) is 0 Å². The molecule has 0 bridgehead atoms. The van der Waals surface area contributed by atoms with Crippen molar-refractivity contribution in [1.29, 1.82) is 0 Å². The zero-order valence-electron chi connectivity index (χ0n) is 7.37. The number of hydrogen-bond acceptors (Lipinski definition) is 0. The van der Waals surface area contributed by atoms with Gasteiger partial charge in [-0.25, -0.2) is 5.11 Å². The van der Waals surface area contributed by atoms with Gasteiger partial charge >= 0.3 is 6.18 Å². The van der Waals surface area contributed by atoms with Crippen molar-refractivity contribution in [1.82, 2.24) is 0 Å². The topological polar surface area (TPSA) is 19.9 Å². The molecule has 73 valence electrons. The van der Waals surface area contributed by atoms with Gasteiger partial charge in [-0.2, -0.15) is 13.2 Å². The molecule has 0 N–H and O–H groups in total. The first-order chi connectivity index (χ1) is 5.33. The van der Waals surface area contributed by atoms with Crippen LogP contribution in [0.4, 0.5) is 13.2 Å². The highest BCUT2D eigenvalue weighted by molar-refractivity contribution is 4.75. The van der Waals surface area contributed by atoms with E-state index in [-0.39, 0.29) is 19.3 Å². The molecule has 0 fully saturated rings. The minimum Gasteiger partial charge on any atom is -0.230 e. The van der Waals surface area contributed by atoms with E-state index >= 15 is 0 Å². The molecule has 0 aromatic heterocycles. The predicted molar refractivity (Wildman–Crippen MR) is 39.3 cm³/mol. The Morgan fingerprint density at radius 1 is 1.00 bits per heavy atom. The molecule has 0 atom stereocenters. The third-order valence-electron chi connectivity index (χ3n) is 2.15. The number of alkyl halides is 3. The Bertz CT molecular complexity index is 127. The normalized spacial score (nSPS) is 13.5. The van der Waals surface area contributed by atoms with E-state index in [0.717, 1.165) is 0 Å². The van der Waals surface area contributed by atoms with Gasteiger partial charge in [-0.15, -0.1) is 0 Å². The van der Waals surface area contributed by atoms with Gasteiger partial charge in [0.2, 0.25) is 0 Å². The van der Waals surface area contributed by atoms with E-state index in [0.29, 0.717) is 0 Å². The van der Waals surface area contributed by atoms with Crippen LogP contribution in [-0.4, -0.2) is 11.8 Å². The zero-order valence-corrected chi connectivity index (χ0v) is 7.37. The van der Waals surface area contributed by atoms with Gasteiger partial charge in [-0.1, -0.05) is 13.8 Å². The van der Waals surface area contributed by atoms with Gasteiger partial charge in [0, 0.05) is 6.42 Å². The Kier molecular flexibility index (Phi) is 4.03. The summed E-state index contributed by atoms with van der Waals surface area (Å²) in [5, 5.41) is 11.4. The molecule has 0 heterocycles. The fourth-order valence-corrected chi connectivity index (χ4v) is 0.973. The summed E-state index contributed by atoms with van der Waals surface area (Å²) in [5.74, 6) is 0. The fraction of sp³-hybridized carbons (Fsp3) is 1.00. The summed E-state index contributed by atoms with van der Waals surface area (Å²) < 4.78 is 35.2. The fourth-order valence-electron chi connectivity index (χ4n) is 0.973. The molecule has 0 saturated carbocycles. The quantitative estimate of drug-likeness (QED) is 0.637. The smallest absolute Gasteiger partial charge is 0.230 e. The first-order valence-corrected chi connectivity index (χ1v) is 4.10. The predicted octanol–water partition coefficient (Wildman–Crippen LogP) is 3.32. The Labute approximate surface area is 70.6 Å². The van der Waals surface area contributed by atoms with E-state index in [9.17, 15) is 18.3 Å². The van der Waals surface area contributed by atoms with Gasteiger partial charge in [0.05, 0.1) is 0 Å². The van der Waals surface area contributed by atoms with Crippen LogP contribution in [-0.2, 0) is 5.11 Å². The largest absolute Gasteiger partial charge is 0.389 e. The minimum absolute atomic E-state index is 0.263. The van der Waals surface area contributed by atoms with Crippen molar-refractivity contribution in [2.75, 3.05) is 0 Å². The molecule has 1 nitrogen and oxygen atoms in total. The second kappa shape index (κ2) is 4.12.